The molecule has 35 heavy (non-hydrogen) atoms. The normalized spacial score (nSPS) is 17.2. The van der Waals surface area contributed by atoms with Crippen molar-refractivity contribution in [2.24, 2.45) is 16.8 Å². The highest BCUT2D eigenvalue weighted by atomic mass is 32.2. The molecule has 1 saturated carbocycles. The molecule has 1 amide bonds. The van der Waals surface area contributed by atoms with E-state index < -0.39 is 18.0 Å². The smallest absolute Gasteiger partial charge is 0.280 e. The van der Waals surface area contributed by atoms with Crippen LogP contribution in [0.3, 0.4) is 0 Å². The van der Waals surface area contributed by atoms with Crippen LogP contribution in [-0.4, -0.2) is 39.7 Å². The first kappa shape index (κ1) is 24.2. The van der Waals surface area contributed by atoms with Gasteiger partial charge < -0.3 is 15.9 Å². The lowest BCUT2D eigenvalue weighted by Gasteiger charge is -2.15. The second-order valence-electron chi connectivity index (χ2n) is 7.57. The predicted molar refractivity (Wildman–Crippen MR) is 130 cm³/mol. The van der Waals surface area contributed by atoms with E-state index in [-0.39, 0.29) is 39.2 Å². The number of halogens is 2. The Kier molecular flexibility index (Phi) is 7.26. The third-order valence-electron chi connectivity index (χ3n) is 5.06. The van der Waals surface area contributed by atoms with Crippen LogP contribution in [0, 0.1) is 23.2 Å². The molecule has 0 saturated heterocycles. The first-order valence-corrected chi connectivity index (χ1v) is 11.4. The lowest BCUT2D eigenvalue weighted by atomic mass is 9.98. The largest absolute Gasteiger partial charge is 0.494 e. The van der Waals surface area contributed by atoms with Crippen molar-refractivity contribution >= 4 is 34.7 Å². The van der Waals surface area contributed by atoms with Gasteiger partial charge in [-0.3, -0.25) is 25.5 Å². The van der Waals surface area contributed by atoms with Crippen molar-refractivity contribution in [3.05, 3.63) is 47.6 Å². The Balaban J connectivity index is 1.69. The molecule has 12 heteroatoms. The van der Waals surface area contributed by atoms with Crippen LogP contribution in [0.25, 0.3) is 16.8 Å². The summed E-state index contributed by atoms with van der Waals surface area (Å²) in [6, 6.07) is 2.63. The van der Waals surface area contributed by atoms with Gasteiger partial charge in [0.1, 0.15) is 11.4 Å². The number of rotatable bonds is 6. The van der Waals surface area contributed by atoms with Gasteiger partial charge in [0.15, 0.2) is 10.5 Å². The number of nitrogens with zero attached hydrogens (tertiary/aromatic N) is 3. The van der Waals surface area contributed by atoms with E-state index >= 15 is 0 Å². The highest BCUT2D eigenvalue weighted by Gasteiger charge is 2.25. The zero-order chi connectivity index (χ0) is 24.9. The van der Waals surface area contributed by atoms with Crippen LogP contribution >= 0.6 is 11.8 Å². The van der Waals surface area contributed by atoms with Crippen molar-refractivity contribution in [3.63, 3.8) is 0 Å². The van der Waals surface area contributed by atoms with Gasteiger partial charge in [0, 0.05) is 29.5 Å². The van der Waals surface area contributed by atoms with Gasteiger partial charge in [0.05, 0.1) is 30.3 Å². The minimum Gasteiger partial charge on any atom is -0.494 e. The molecule has 2 aromatic heterocycles. The molecule has 1 aliphatic heterocycles. The molecule has 1 fully saturated rings. The van der Waals surface area contributed by atoms with Crippen molar-refractivity contribution in [2.75, 3.05) is 7.11 Å². The zero-order valence-corrected chi connectivity index (χ0v) is 19.3. The van der Waals surface area contributed by atoms with Crippen LogP contribution < -0.4 is 21.2 Å². The summed E-state index contributed by atoms with van der Waals surface area (Å²) in [4.78, 5) is 21.1. The standard InChI is InChI=1S/C23H21F2N7O2S/c1-34-19-11-29-18(21(24)25)9-14(19)13-8-17(16(27)6-7-26)28-10-15(13)22(33)30-23-32-31-20(35-23)5-4-12-2-3-12/h6-12,20-21,26,31H,2-3,27H2,1H3,(H,30,32,33)/b16-6-,26-7?. The zero-order valence-electron chi connectivity index (χ0n) is 18.5. The number of methoxy groups -OCH3 is 1. The summed E-state index contributed by atoms with van der Waals surface area (Å²) in [5, 5.41) is 14.1. The maximum Gasteiger partial charge on any atom is 0.280 e. The highest BCUT2D eigenvalue weighted by molar-refractivity contribution is 8.14. The van der Waals surface area contributed by atoms with E-state index in [1.807, 2.05) is 0 Å². The molecule has 0 bridgehead atoms. The van der Waals surface area contributed by atoms with E-state index in [0.29, 0.717) is 11.1 Å². The lowest BCUT2D eigenvalue weighted by molar-refractivity contribution is 0.0978. The molecule has 180 valence electrons. The fourth-order valence-corrected chi connectivity index (χ4v) is 3.84. The van der Waals surface area contributed by atoms with Gasteiger partial charge in [0.25, 0.3) is 12.3 Å². The molecule has 3 heterocycles. The molecule has 9 nitrogen and oxygen atoms in total. The molecule has 5 N–H and O–H groups in total. The number of amides is 1. The summed E-state index contributed by atoms with van der Waals surface area (Å²) in [5.74, 6) is 6.28. The molecule has 2 aliphatic rings. The van der Waals surface area contributed by atoms with Gasteiger partial charge in [-0.2, -0.15) is 5.10 Å². The number of pyridine rings is 2. The third kappa shape index (κ3) is 5.75. The topological polar surface area (TPSA) is 138 Å². The number of carbonyl (C=O) groups excluding carboxylic acids is 1. The van der Waals surface area contributed by atoms with Crippen LogP contribution in [0.1, 0.15) is 41.0 Å². The lowest BCUT2D eigenvalue weighted by Crippen LogP contribution is -2.28. The number of carbonyl (C=O) groups is 1. The Morgan fingerprint density at radius 3 is 2.80 bits per heavy atom. The number of hydrazone groups is 1. The van der Waals surface area contributed by atoms with Crippen LogP contribution in [-0.2, 0) is 0 Å². The van der Waals surface area contributed by atoms with E-state index in [1.165, 1.54) is 43.4 Å². The van der Waals surface area contributed by atoms with E-state index in [4.69, 9.17) is 15.9 Å². The molecule has 0 spiro atoms. The molecular weight excluding hydrogens is 476 g/mol. The predicted octanol–water partition coefficient (Wildman–Crippen LogP) is 3.12. The van der Waals surface area contributed by atoms with E-state index in [1.54, 1.807) is 0 Å². The number of aromatic nitrogens is 2. The minimum absolute atomic E-state index is 0.0805. The van der Waals surface area contributed by atoms with Crippen molar-refractivity contribution in [1.82, 2.24) is 20.7 Å². The molecular formula is C23H21F2N7O2S. The van der Waals surface area contributed by atoms with Crippen LogP contribution in [0.2, 0.25) is 0 Å². The Morgan fingerprint density at radius 1 is 1.31 bits per heavy atom. The van der Waals surface area contributed by atoms with Gasteiger partial charge in [0.2, 0.25) is 0 Å². The van der Waals surface area contributed by atoms with Crippen molar-refractivity contribution < 1.29 is 18.3 Å². The Morgan fingerprint density at radius 2 is 2.11 bits per heavy atom. The van der Waals surface area contributed by atoms with E-state index in [0.717, 1.165) is 25.1 Å². The number of hydrogen-bond donors (Lipinski definition) is 4. The summed E-state index contributed by atoms with van der Waals surface area (Å²) in [6.45, 7) is 0. The summed E-state index contributed by atoms with van der Waals surface area (Å²) in [6.07, 6.45) is 4.13. The van der Waals surface area contributed by atoms with E-state index in [9.17, 15) is 13.6 Å². The SMILES string of the molecule is COc1cnc(C(F)F)cc1-c1cc(/C(N)=C/C=N)ncc1C(=O)NC1=NNC(C#CC2CC2)S1. The van der Waals surface area contributed by atoms with Crippen molar-refractivity contribution in [1.29, 1.82) is 5.41 Å². The number of nitrogens with one attached hydrogen (secondary N) is 3. The van der Waals surface area contributed by atoms with Gasteiger partial charge in [-0.1, -0.05) is 11.8 Å². The van der Waals surface area contributed by atoms with Crippen LogP contribution in [0.4, 0.5) is 8.78 Å². The van der Waals surface area contributed by atoms with Crippen molar-refractivity contribution in [2.45, 2.75) is 24.6 Å². The minimum atomic E-state index is -2.83. The van der Waals surface area contributed by atoms with Crippen LogP contribution in [0.15, 0.2) is 35.7 Å². The quantitative estimate of drug-likeness (QED) is 0.355. The molecule has 1 unspecified atom stereocenters. The van der Waals surface area contributed by atoms with Gasteiger partial charge in [-0.15, -0.1) is 0 Å². The summed E-state index contributed by atoms with van der Waals surface area (Å²) in [5.41, 5.74) is 9.30. The molecule has 4 rings (SSSR count). The summed E-state index contributed by atoms with van der Waals surface area (Å²) in [7, 11) is 1.37. The average Bonchev–Trinajstić information content (AvgIpc) is 3.59. The fourth-order valence-electron chi connectivity index (χ4n) is 3.13. The maximum absolute atomic E-state index is 13.4. The Bertz CT molecular complexity index is 1280. The first-order chi connectivity index (χ1) is 16.9. The van der Waals surface area contributed by atoms with Gasteiger partial charge >= 0.3 is 0 Å². The number of allylic oxidation sites excluding steroid dienone is 1. The van der Waals surface area contributed by atoms with E-state index in [2.05, 4.69) is 37.7 Å². The molecule has 0 aromatic carbocycles. The number of nitrogens with two attached hydrogens (primary N) is 1. The summed E-state index contributed by atoms with van der Waals surface area (Å²) >= 11 is 1.26. The number of hydrogen-bond acceptors (Lipinski definition) is 9. The highest BCUT2D eigenvalue weighted by Crippen LogP contribution is 2.35. The van der Waals surface area contributed by atoms with Crippen LogP contribution in [0.5, 0.6) is 5.75 Å². The number of ether oxygens (including phenoxy) is 1. The maximum atomic E-state index is 13.4. The number of amidine groups is 1. The molecule has 1 aliphatic carbocycles. The summed E-state index contributed by atoms with van der Waals surface area (Å²) < 4.78 is 32.1. The van der Waals surface area contributed by atoms with Gasteiger partial charge in [-0.25, -0.2) is 8.78 Å². The monoisotopic (exact) mass is 497 g/mol. The van der Waals surface area contributed by atoms with Crippen molar-refractivity contribution in [3.8, 4) is 28.7 Å². The second kappa shape index (κ2) is 10.5. The Labute approximate surface area is 204 Å². The second-order valence-corrected chi connectivity index (χ2v) is 8.67. The molecule has 2 aromatic rings. The number of alkyl halides is 2. The Hall–Kier alpha value is -3.98. The third-order valence-corrected chi connectivity index (χ3v) is 5.93. The first-order valence-electron chi connectivity index (χ1n) is 10.5. The molecule has 1 atom stereocenters. The van der Waals surface area contributed by atoms with Gasteiger partial charge in [-0.05, 0) is 42.8 Å². The fraction of sp³-hybridized carbons (Fsp3) is 0.261. The number of thioether (sulfide) groups is 1. The molecule has 0 radical (unpaired) electrons. The average molecular weight is 498 g/mol.